The number of benzene rings is 1. The van der Waals surface area contributed by atoms with Crippen LogP contribution in [0.15, 0.2) is 45.9 Å². The first-order valence-corrected chi connectivity index (χ1v) is 7.44. The number of hydrogen-bond acceptors (Lipinski definition) is 3. The first kappa shape index (κ1) is 16.4. The lowest BCUT2D eigenvalue weighted by Crippen LogP contribution is -2.13. The molecule has 2 aromatic heterocycles. The third-order valence-corrected chi connectivity index (χ3v) is 4.11. The van der Waals surface area contributed by atoms with Gasteiger partial charge in [0.15, 0.2) is 6.29 Å². The number of pyridine rings is 2. The maximum Gasteiger partial charge on any atom is 0.416 e. The number of nitrogens with zero attached hydrogens (tertiary/aromatic N) is 1. The molecular formula is C16H8BrF3N2O2. The van der Waals surface area contributed by atoms with Crippen LogP contribution in [-0.4, -0.2) is 16.3 Å². The summed E-state index contributed by atoms with van der Waals surface area (Å²) < 4.78 is 39.2. The molecule has 4 nitrogen and oxygen atoms in total. The second-order valence-electron chi connectivity index (χ2n) is 4.98. The number of hydrogen-bond donors (Lipinski definition) is 1. The van der Waals surface area contributed by atoms with Crippen LogP contribution in [0.1, 0.15) is 15.9 Å². The van der Waals surface area contributed by atoms with Crippen LogP contribution in [0.25, 0.3) is 22.2 Å². The molecule has 0 atom stereocenters. The van der Waals surface area contributed by atoms with E-state index < -0.39 is 17.2 Å². The van der Waals surface area contributed by atoms with E-state index in [2.05, 4.69) is 25.9 Å². The van der Waals surface area contributed by atoms with Gasteiger partial charge in [0.1, 0.15) is 0 Å². The summed E-state index contributed by atoms with van der Waals surface area (Å²) in [5.74, 6) is 0. The normalized spacial score (nSPS) is 11.7. The van der Waals surface area contributed by atoms with E-state index in [1.165, 1.54) is 24.5 Å². The average molecular weight is 397 g/mol. The fourth-order valence-corrected chi connectivity index (χ4v) is 2.81. The number of aromatic amines is 1. The highest BCUT2D eigenvalue weighted by atomic mass is 79.9. The molecule has 2 heterocycles. The van der Waals surface area contributed by atoms with Crippen LogP contribution in [0, 0.1) is 0 Å². The summed E-state index contributed by atoms with van der Waals surface area (Å²) in [6, 6.07) is 4.42. The molecule has 0 amide bonds. The maximum absolute atomic E-state index is 12.9. The molecule has 0 aliphatic heterocycles. The van der Waals surface area contributed by atoms with Gasteiger partial charge in [-0.1, -0.05) is 12.1 Å². The molecule has 0 fully saturated rings. The Hall–Kier alpha value is -2.48. The third kappa shape index (κ3) is 2.73. The summed E-state index contributed by atoms with van der Waals surface area (Å²) >= 11 is 3.23. The highest BCUT2D eigenvalue weighted by molar-refractivity contribution is 9.10. The summed E-state index contributed by atoms with van der Waals surface area (Å²) in [4.78, 5) is 30.5. The summed E-state index contributed by atoms with van der Waals surface area (Å²) in [6.07, 6.45) is -1.47. The van der Waals surface area contributed by atoms with Gasteiger partial charge < -0.3 is 4.98 Å². The standard InChI is InChI=1S/C16H8BrF3N2O2/c17-12-6-21-5-10-14(12)22-13(11(7-23)15(10)24)8-2-1-3-9(4-8)16(18,19)20/h1-7H,(H,22,24). The van der Waals surface area contributed by atoms with Crippen molar-refractivity contribution in [2.24, 2.45) is 0 Å². The highest BCUT2D eigenvalue weighted by Gasteiger charge is 2.30. The summed E-state index contributed by atoms with van der Waals surface area (Å²) in [6.45, 7) is 0. The van der Waals surface area contributed by atoms with Gasteiger partial charge in [-0.3, -0.25) is 14.6 Å². The predicted octanol–water partition coefficient (Wildman–Crippen LogP) is 4.18. The summed E-state index contributed by atoms with van der Waals surface area (Å²) in [5, 5.41) is 0.169. The number of rotatable bonds is 2. The molecule has 0 aliphatic rings. The molecule has 3 aromatic rings. The van der Waals surface area contributed by atoms with E-state index in [4.69, 9.17) is 0 Å². The van der Waals surface area contributed by atoms with Crippen LogP contribution in [-0.2, 0) is 6.18 Å². The van der Waals surface area contributed by atoms with E-state index >= 15 is 0 Å². The van der Waals surface area contributed by atoms with E-state index in [-0.39, 0.29) is 22.2 Å². The number of H-pyrrole nitrogens is 1. The number of aromatic nitrogens is 2. The maximum atomic E-state index is 12.9. The van der Waals surface area contributed by atoms with E-state index in [9.17, 15) is 22.8 Å². The van der Waals surface area contributed by atoms with Gasteiger partial charge >= 0.3 is 6.18 Å². The van der Waals surface area contributed by atoms with Crippen molar-refractivity contribution in [1.82, 2.24) is 9.97 Å². The SMILES string of the molecule is O=Cc1c(-c2cccc(C(F)(F)F)c2)[nH]c2c(Br)cncc2c1=O. The molecule has 3 rings (SSSR count). The Balaban J connectivity index is 2.36. The number of carbonyl (C=O) groups excluding carboxylic acids is 1. The minimum Gasteiger partial charge on any atom is -0.353 e. The van der Waals surface area contributed by atoms with Crippen molar-refractivity contribution in [2.75, 3.05) is 0 Å². The number of aldehydes is 1. The van der Waals surface area contributed by atoms with Gasteiger partial charge in [0, 0.05) is 12.4 Å². The molecule has 0 radical (unpaired) electrons. The fourth-order valence-electron chi connectivity index (χ4n) is 2.38. The number of alkyl halides is 3. The van der Waals surface area contributed by atoms with Crippen molar-refractivity contribution in [3.05, 3.63) is 62.5 Å². The van der Waals surface area contributed by atoms with Gasteiger partial charge in [-0.05, 0) is 33.6 Å². The molecule has 8 heteroatoms. The lowest BCUT2D eigenvalue weighted by Gasteiger charge is -2.11. The highest BCUT2D eigenvalue weighted by Crippen LogP contribution is 2.32. The number of halogens is 4. The molecule has 0 bridgehead atoms. The van der Waals surface area contributed by atoms with E-state index in [0.717, 1.165) is 12.1 Å². The molecule has 0 spiro atoms. The Morgan fingerprint density at radius 2 is 1.96 bits per heavy atom. The van der Waals surface area contributed by atoms with Gasteiger partial charge in [0.05, 0.1) is 32.2 Å². The monoisotopic (exact) mass is 396 g/mol. The van der Waals surface area contributed by atoms with Gasteiger partial charge in [0.2, 0.25) is 5.43 Å². The Kier molecular flexibility index (Phi) is 4.00. The van der Waals surface area contributed by atoms with Gasteiger partial charge in [-0.15, -0.1) is 0 Å². The lowest BCUT2D eigenvalue weighted by atomic mass is 10.0. The minimum absolute atomic E-state index is 0.0282. The smallest absolute Gasteiger partial charge is 0.353 e. The van der Waals surface area contributed by atoms with Crippen LogP contribution in [0.2, 0.25) is 0 Å². The molecule has 24 heavy (non-hydrogen) atoms. The first-order chi connectivity index (χ1) is 11.3. The Bertz CT molecular complexity index is 1010. The molecule has 1 N–H and O–H groups in total. The van der Waals surface area contributed by atoms with Crippen LogP contribution in [0.5, 0.6) is 0 Å². The van der Waals surface area contributed by atoms with Crippen molar-refractivity contribution in [2.45, 2.75) is 6.18 Å². The largest absolute Gasteiger partial charge is 0.416 e. The van der Waals surface area contributed by atoms with Crippen LogP contribution < -0.4 is 5.43 Å². The Labute approximate surface area is 141 Å². The fraction of sp³-hybridized carbons (Fsp3) is 0.0625. The summed E-state index contributed by atoms with van der Waals surface area (Å²) in [5.41, 5.74) is -1.24. The zero-order chi connectivity index (χ0) is 17.5. The second kappa shape index (κ2) is 5.86. The number of fused-ring (bicyclic) bond motifs is 1. The van der Waals surface area contributed by atoms with Crippen LogP contribution in [0.4, 0.5) is 13.2 Å². The van der Waals surface area contributed by atoms with E-state index in [0.29, 0.717) is 16.3 Å². The molecule has 122 valence electrons. The van der Waals surface area contributed by atoms with Crippen molar-refractivity contribution >= 4 is 33.1 Å². The molecular weight excluding hydrogens is 389 g/mol. The van der Waals surface area contributed by atoms with Gasteiger partial charge in [0.25, 0.3) is 0 Å². The molecule has 1 aromatic carbocycles. The zero-order valence-electron chi connectivity index (χ0n) is 11.8. The average Bonchev–Trinajstić information content (AvgIpc) is 2.55. The quantitative estimate of drug-likeness (QED) is 0.660. The van der Waals surface area contributed by atoms with Crippen molar-refractivity contribution in [3.63, 3.8) is 0 Å². The van der Waals surface area contributed by atoms with Crippen molar-refractivity contribution in [1.29, 1.82) is 0 Å². The molecule has 0 unspecified atom stereocenters. The molecule has 0 saturated heterocycles. The Morgan fingerprint density at radius 1 is 1.21 bits per heavy atom. The molecule has 0 saturated carbocycles. The first-order valence-electron chi connectivity index (χ1n) is 6.65. The second-order valence-corrected chi connectivity index (χ2v) is 5.84. The lowest BCUT2D eigenvalue weighted by molar-refractivity contribution is -0.137. The van der Waals surface area contributed by atoms with Gasteiger partial charge in [-0.2, -0.15) is 13.2 Å². The topological polar surface area (TPSA) is 62.8 Å². The van der Waals surface area contributed by atoms with Crippen molar-refractivity contribution in [3.8, 4) is 11.3 Å². The number of nitrogens with one attached hydrogen (secondary N) is 1. The van der Waals surface area contributed by atoms with Crippen LogP contribution >= 0.6 is 15.9 Å². The third-order valence-electron chi connectivity index (χ3n) is 3.50. The summed E-state index contributed by atoms with van der Waals surface area (Å²) in [7, 11) is 0. The predicted molar refractivity (Wildman–Crippen MR) is 85.9 cm³/mol. The zero-order valence-corrected chi connectivity index (χ0v) is 13.4. The van der Waals surface area contributed by atoms with E-state index in [1.54, 1.807) is 0 Å². The molecule has 0 aliphatic carbocycles. The van der Waals surface area contributed by atoms with Crippen LogP contribution in [0.3, 0.4) is 0 Å². The van der Waals surface area contributed by atoms with Gasteiger partial charge in [-0.25, -0.2) is 0 Å². The number of carbonyl (C=O) groups is 1. The Morgan fingerprint density at radius 3 is 2.62 bits per heavy atom. The van der Waals surface area contributed by atoms with E-state index in [1.807, 2.05) is 0 Å². The minimum atomic E-state index is -4.53. The van der Waals surface area contributed by atoms with Crippen molar-refractivity contribution < 1.29 is 18.0 Å².